The van der Waals surface area contributed by atoms with Crippen molar-refractivity contribution < 1.29 is 9.53 Å². The first-order valence-corrected chi connectivity index (χ1v) is 9.37. The van der Waals surface area contributed by atoms with Gasteiger partial charge in [0.15, 0.2) is 0 Å². The second kappa shape index (κ2) is 9.76. The van der Waals surface area contributed by atoms with E-state index in [-0.39, 0.29) is 5.91 Å². The first kappa shape index (κ1) is 19.7. The molecule has 0 fully saturated rings. The van der Waals surface area contributed by atoms with Crippen LogP contribution in [0.25, 0.3) is 0 Å². The number of halogens is 1. The lowest BCUT2D eigenvalue weighted by molar-refractivity contribution is 0.0950. The van der Waals surface area contributed by atoms with Crippen LogP contribution in [0, 0.1) is 0 Å². The number of carbonyl (C=O) groups is 1. The van der Waals surface area contributed by atoms with Crippen LogP contribution in [0.5, 0.6) is 5.75 Å². The average Bonchev–Trinajstić information content (AvgIpc) is 2.73. The van der Waals surface area contributed by atoms with E-state index in [1.807, 2.05) is 36.4 Å². The number of ether oxygens (including phenoxy) is 1. The Bertz CT molecular complexity index is 946. The predicted molar refractivity (Wildman–Crippen MR) is 112 cm³/mol. The van der Waals surface area contributed by atoms with Crippen LogP contribution in [0.3, 0.4) is 0 Å². The number of anilines is 1. The van der Waals surface area contributed by atoms with Gasteiger partial charge in [0, 0.05) is 30.5 Å². The van der Waals surface area contributed by atoms with E-state index < -0.39 is 0 Å². The van der Waals surface area contributed by atoms with Crippen LogP contribution in [-0.2, 0) is 13.0 Å². The van der Waals surface area contributed by atoms with Crippen molar-refractivity contribution in [1.82, 2.24) is 10.3 Å². The molecule has 0 saturated carbocycles. The molecule has 6 heteroatoms. The van der Waals surface area contributed by atoms with Crippen LogP contribution >= 0.6 is 11.6 Å². The Labute approximate surface area is 169 Å². The summed E-state index contributed by atoms with van der Waals surface area (Å²) >= 11 is 6.12. The molecule has 0 saturated heterocycles. The second-order valence-corrected chi connectivity index (χ2v) is 6.67. The number of pyridine rings is 1. The van der Waals surface area contributed by atoms with E-state index in [9.17, 15) is 4.79 Å². The van der Waals surface area contributed by atoms with Gasteiger partial charge in [-0.1, -0.05) is 41.9 Å². The SMILES string of the molecule is COc1cccc(CCNc2cncc(C(=O)NCc3ccccc3Cl)c2)c1. The summed E-state index contributed by atoms with van der Waals surface area (Å²) in [5, 5.41) is 6.81. The molecule has 0 spiro atoms. The number of rotatable bonds is 8. The number of methoxy groups -OCH3 is 1. The molecule has 2 aromatic carbocycles. The van der Waals surface area contributed by atoms with E-state index in [0.717, 1.165) is 30.0 Å². The lowest BCUT2D eigenvalue weighted by Crippen LogP contribution is -2.23. The maximum absolute atomic E-state index is 12.4. The molecule has 3 aromatic rings. The van der Waals surface area contributed by atoms with Gasteiger partial charge in [0.1, 0.15) is 5.75 Å². The van der Waals surface area contributed by atoms with Gasteiger partial charge in [-0.3, -0.25) is 9.78 Å². The molecule has 2 N–H and O–H groups in total. The van der Waals surface area contributed by atoms with Crippen LogP contribution in [-0.4, -0.2) is 24.5 Å². The summed E-state index contributed by atoms with van der Waals surface area (Å²) in [5.74, 6) is 0.653. The number of nitrogens with one attached hydrogen (secondary N) is 2. The maximum atomic E-state index is 12.4. The van der Waals surface area contributed by atoms with Gasteiger partial charge in [0.05, 0.1) is 18.4 Å². The van der Waals surface area contributed by atoms with Gasteiger partial charge in [-0.05, 0) is 41.8 Å². The fourth-order valence-electron chi connectivity index (χ4n) is 2.76. The summed E-state index contributed by atoms with van der Waals surface area (Å²) in [7, 11) is 1.66. The lowest BCUT2D eigenvalue weighted by atomic mass is 10.1. The Morgan fingerprint density at radius 1 is 1.11 bits per heavy atom. The Morgan fingerprint density at radius 3 is 2.79 bits per heavy atom. The summed E-state index contributed by atoms with van der Waals surface area (Å²) in [4.78, 5) is 16.6. The first-order chi connectivity index (χ1) is 13.7. The molecule has 144 valence electrons. The highest BCUT2D eigenvalue weighted by Crippen LogP contribution is 2.16. The Balaban J connectivity index is 1.54. The fraction of sp³-hybridized carbons (Fsp3) is 0.182. The third kappa shape index (κ3) is 5.47. The molecule has 3 rings (SSSR count). The van der Waals surface area contributed by atoms with Crippen molar-refractivity contribution in [3.05, 3.63) is 88.7 Å². The monoisotopic (exact) mass is 395 g/mol. The highest BCUT2D eigenvalue weighted by atomic mass is 35.5. The molecule has 0 aliphatic heterocycles. The van der Waals surface area contributed by atoms with E-state index >= 15 is 0 Å². The summed E-state index contributed by atoms with van der Waals surface area (Å²) in [6.07, 6.45) is 4.09. The lowest BCUT2D eigenvalue weighted by Gasteiger charge is -2.10. The number of hydrogen-bond acceptors (Lipinski definition) is 4. The number of amides is 1. The number of carbonyl (C=O) groups excluding carboxylic acids is 1. The highest BCUT2D eigenvalue weighted by Gasteiger charge is 2.08. The molecular formula is C22H22ClN3O2. The Hall–Kier alpha value is -3.05. The molecule has 1 aromatic heterocycles. The van der Waals surface area contributed by atoms with E-state index in [4.69, 9.17) is 16.3 Å². The number of aromatic nitrogens is 1. The van der Waals surface area contributed by atoms with Crippen molar-refractivity contribution in [2.75, 3.05) is 19.0 Å². The Kier molecular flexibility index (Phi) is 6.87. The average molecular weight is 396 g/mol. The molecule has 1 heterocycles. The van der Waals surface area contributed by atoms with Crippen LogP contribution in [0.4, 0.5) is 5.69 Å². The zero-order chi connectivity index (χ0) is 19.8. The predicted octanol–water partition coefficient (Wildman–Crippen LogP) is 4.33. The van der Waals surface area contributed by atoms with Gasteiger partial charge < -0.3 is 15.4 Å². The minimum absolute atomic E-state index is 0.191. The smallest absolute Gasteiger partial charge is 0.253 e. The molecule has 28 heavy (non-hydrogen) atoms. The molecule has 0 radical (unpaired) electrons. The Morgan fingerprint density at radius 2 is 1.96 bits per heavy atom. The van der Waals surface area contributed by atoms with E-state index in [2.05, 4.69) is 21.7 Å². The molecular weight excluding hydrogens is 374 g/mol. The molecule has 0 aliphatic carbocycles. The number of nitrogens with zero attached hydrogens (tertiary/aromatic N) is 1. The van der Waals surface area contributed by atoms with Gasteiger partial charge in [-0.2, -0.15) is 0 Å². The van der Waals surface area contributed by atoms with Crippen LogP contribution < -0.4 is 15.4 Å². The van der Waals surface area contributed by atoms with Crippen molar-refractivity contribution in [3.8, 4) is 5.75 Å². The standard InChI is InChI=1S/C22H22ClN3O2/c1-28-20-7-4-5-16(11-20)9-10-25-19-12-18(13-24-15-19)22(27)26-14-17-6-2-3-8-21(17)23/h2-8,11-13,15,25H,9-10,14H2,1H3,(H,26,27). The van der Waals surface area contributed by atoms with E-state index in [1.165, 1.54) is 5.56 Å². The zero-order valence-electron chi connectivity index (χ0n) is 15.6. The molecule has 1 amide bonds. The zero-order valence-corrected chi connectivity index (χ0v) is 16.4. The molecule has 0 unspecified atom stereocenters. The van der Waals surface area contributed by atoms with Crippen molar-refractivity contribution in [3.63, 3.8) is 0 Å². The topological polar surface area (TPSA) is 63.2 Å². The molecule has 0 aliphatic rings. The summed E-state index contributed by atoms with van der Waals surface area (Å²) in [6, 6.07) is 17.2. The second-order valence-electron chi connectivity index (χ2n) is 6.26. The minimum Gasteiger partial charge on any atom is -0.497 e. The van der Waals surface area contributed by atoms with Crippen molar-refractivity contribution >= 4 is 23.2 Å². The fourth-order valence-corrected chi connectivity index (χ4v) is 2.96. The van der Waals surface area contributed by atoms with E-state index in [1.54, 1.807) is 31.6 Å². The van der Waals surface area contributed by atoms with Gasteiger partial charge in [0.2, 0.25) is 0 Å². The summed E-state index contributed by atoms with van der Waals surface area (Å²) < 4.78 is 5.24. The van der Waals surface area contributed by atoms with Crippen molar-refractivity contribution in [2.45, 2.75) is 13.0 Å². The third-order valence-electron chi connectivity index (χ3n) is 4.27. The molecule has 0 atom stereocenters. The maximum Gasteiger partial charge on any atom is 0.253 e. The van der Waals surface area contributed by atoms with Crippen molar-refractivity contribution in [1.29, 1.82) is 0 Å². The van der Waals surface area contributed by atoms with Crippen LogP contribution in [0.2, 0.25) is 5.02 Å². The molecule has 0 bridgehead atoms. The summed E-state index contributed by atoms with van der Waals surface area (Å²) in [6.45, 7) is 1.09. The summed E-state index contributed by atoms with van der Waals surface area (Å²) in [5.41, 5.74) is 3.35. The normalized spacial score (nSPS) is 10.4. The van der Waals surface area contributed by atoms with Crippen LogP contribution in [0.15, 0.2) is 67.0 Å². The first-order valence-electron chi connectivity index (χ1n) is 8.99. The van der Waals surface area contributed by atoms with Gasteiger partial charge in [-0.15, -0.1) is 0 Å². The number of hydrogen-bond donors (Lipinski definition) is 2. The molecule has 5 nitrogen and oxygen atoms in total. The largest absolute Gasteiger partial charge is 0.497 e. The highest BCUT2D eigenvalue weighted by molar-refractivity contribution is 6.31. The minimum atomic E-state index is -0.191. The van der Waals surface area contributed by atoms with Crippen LogP contribution in [0.1, 0.15) is 21.5 Å². The quantitative estimate of drug-likeness (QED) is 0.596. The van der Waals surface area contributed by atoms with Gasteiger partial charge in [-0.25, -0.2) is 0 Å². The number of benzene rings is 2. The van der Waals surface area contributed by atoms with Gasteiger partial charge in [0.25, 0.3) is 5.91 Å². The van der Waals surface area contributed by atoms with E-state index in [0.29, 0.717) is 17.1 Å². The third-order valence-corrected chi connectivity index (χ3v) is 4.64. The van der Waals surface area contributed by atoms with Gasteiger partial charge >= 0.3 is 0 Å². The van der Waals surface area contributed by atoms with Crippen molar-refractivity contribution in [2.24, 2.45) is 0 Å².